The predicted molar refractivity (Wildman–Crippen MR) is 171 cm³/mol. The van der Waals surface area contributed by atoms with Crippen LogP contribution in [0.3, 0.4) is 0 Å². The number of carbonyl (C=O) groups excluding carboxylic acids is 1. The summed E-state index contributed by atoms with van der Waals surface area (Å²) in [5.74, 6) is 7.70. The Morgan fingerprint density at radius 3 is 2.49 bits per heavy atom. The molecule has 1 unspecified atom stereocenters. The lowest BCUT2D eigenvalue weighted by Gasteiger charge is -2.23. The molecule has 0 radical (unpaired) electrons. The van der Waals surface area contributed by atoms with E-state index in [1.165, 1.54) is 42.4 Å². The standard InChI is InChI=1S/C29H38N4O2.C6H12/c1-4-9-24(13-7-12-23-11-6-5-10-21(23)2)26-16-15-25(29(34)33(31)18-17-30)20-27(26)32-22(3)28-14-8-19-35-28;1-6-4-2-3-5-6/h5-6,8,10-11,14-16,19-20,24,32H,3-4,7,9,12-13,17-18,30-31H2,1-2H3;6H,2-5H2,1H3. The molecule has 0 aliphatic heterocycles. The molecule has 0 saturated heterocycles. The summed E-state index contributed by atoms with van der Waals surface area (Å²) in [4.78, 5) is 12.8. The molecule has 0 spiro atoms. The molecule has 1 fully saturated rings. The second-order valence-corrected chi connectivity index (χ2v) is 11.4. The number of hydrazine groups is 1. The quantitative estimate of drug-likeness (QED) is 0.112. The highest BCUT2D eigenvalue weighted by atomic mass is 16.3. The SMILES string of the molecule is C=C(Nc1cc(C(=O)N(N)CCN)ccc1C(CCC)CCCc1ccccc1C)c1ccco1.CC1CCCC1. The number of nitrogens with two attached hydrogens (primary N) is 2. The van der Waals surface area contributed by atoms with Gasteiger partial charge in [-0.25, -0.2) is 5.84 Å². The molecule has 1 atom stereocenters. The van der Waals surface area contributed by atoms with Crippen molar-refractivity contribution in [1.82, 2.24) is 5.01 Å². The van der Waals surface area contributed by atoms with Gasteiger partial charge in [0, 0.05) is 24.3 Å². The summed E-state index contributed by atoms with van der Waals surface area (Å²) in [5.41, 5.74) is 11.5. The molecular formula is C35H50N4O2. The number of rotatable bonds is 13. The van der Waals surface area contributed by atoms with Crippen molar-refractivity contribution >= 4 is 17.3 Å². The molecule has 1 amide bonds. The van der Waals surface area contributed by atoms with Crippen LogP contribution < -0.4 is 16.9 Å². The van der Waals surface area contributed by atoms with E-state index in [0.29, 0.717) is 36.0 Å². The number of nitrogens with zero attached hydrogens (tertiary/aromatic N) is 1. The number of furan rings is 1. The minimum absolute atomic E-state index is 0.264. The maximum atomic E-state index is 12.8. The van der Waals surface area contributed by atoms with Crippen LogP contribution in [0, 0.1) is 12.8 Å². The Bertz CT molecular complexity index is 1210. The van der Waals surface area contributed by atoms with Crippen LogP contribution in [-0.2, 0) is 6.42 Å². The van der Waals surface area contributed by atoms with Crippen LogP contribution in [0.1, 0.15) is 104 Å². The van der Waals surface area contributed by atoms with Crippen molar-refractivity contribution in [1.29, 1.82) is 0 Å². The summed E-state index contributed by atoms with van der Waals surface area (Å²) in [6, 6.07) is 18.0. The molecule has 1 aliphatic rings. The van der Waals surface area contributed by atoms with Gasteiger partial charge in [-0.1, -0.05) is 82.9 Å². The van der Waals surface area contributed by atoms with Gasteiger partial charge in [-0.05, 0) is 85.4 Å². The molecule has 41 heavy (non-hydrogen) atoms. The number of amides is 1. The van der Waals surface area contributed by atoms with Crippen molar-refractivity contribution in [2.24, 2.45) is 17.5 Å². The van der Waals surface area contributed by atoms with Crippen LogP contribution in [0.5, 0.6) is 0 Å². The van der Waals surface area contributed by atoms with Gasteiger partial charge < -0.3 is 15.5 Å². The Morgan fingerprint density at radius 1 is 1.12 bits per heavy atom. The van der Waals surface area contributed by atoms with E-state index in [9.17, 15) is 4.79 Å². The van der Waals surface area contributed by atoms with E-state index in [1.807, 2.05) is 24.3 Å². The first-order valence-corrected chi connectivity index (χ1v) is 15.3. The first kappa shape index (κ1) is 32.2. The summed E-state index contributed by atoms with van der Waals surface area (Å²) >= 11 is 0. The molecule has 4 rings (SSSR count). The highest BCUT2D eigenvalue weighted by molar-refractivity contribution is 5.95. The largest absolute Gasteiger partial charge is 0.463 e. The number of nitrogens with one attached hydrogen (secondary N) is 1. The number of aryl methyl sites for hydroxylation is 2. The van der Waals surface area contributed by atoms with Crippen LogP contribution in [-0.4, -0.2) is 24.0 Å². The summed E-state index contributed by atoms with van der Waals surface area (Å²) in [5, 5.41) is 4.57. The molecule has 3 aromatic rings. The third-order valence-corrected chi connectivity index (χ3v) is 8.02. The van der Waals surface area contributed by atoms with Gasteiger partial charge in [0.1, 0.15) is 5.76 Å². The lowest BCUT2D eigenvalue weighted by Crippen LogP contribution is -2.40. The highest BCUT2D eigenvalue weighted by Crippen LogP contribution is 2.35. The van der Waals surface area contributed by atoms with Crippen molar-refractivity contribution in [3.05, 3.63) is 95.5 Å². The summed E-state index contributed by atoms with van der Waals surface area (Å²) in [6.45, 7) is 11.5. The average Bonchev–Trinajstić information content (AvgIpc) is 3.68. The third-order valence-electron chi connectivity index (χ3n) is 8.02. The van der Waals surface area contributed by atoms with Crippen LogP contribution in [0.25, 0.3) is 5.70 Å². The van der Waals surface area contributed by atoms with Gasteiger partial charge in [0.15, 0.2) is 0 Å². The van der Waals surface area contributed by atoms with Gasteiger partial charge in [0.2, 0.25) is 0 Å². The van der Waals surface area contributed by atoms with E-state index >= 15 is 0 Å². The maximum Gasteiger partial charge on any atom is 0.267 e. The lowest BCUT2D eigenvalue weighted by atomic mass is 9.87. The molecular weight excluding hydrogens is 508 g/mol. The molecule has 1 saturated carbocycles. The molecule has 1 aliphatic carbocycles. The smallest absolute Gasteiger partial charge is 0.267 e. The number of hydrogen-bond donors (Lipinski definition) is 3. The fourth-order valence-corrected chi connectivity index (χ4v) is 5.60. The zero-order valence-corrected chi connectivity index (χ0v) is 25.3. The van der Waals surface area contributed by atoms with Crippen LogP contribution in [0.2, 0.25) is 0 Å². The summed E-state index contributed by atoms with van der Waals surface area (Å²) in [7, 11) is 0. The second-order valence-electron chi connectivity index (χ2n) is 11.4. The van der Waals surface area contributed by atoms with E-state index < -0.39 is 0 Å². The number of hydrogen-bond acceptors (Lipinski definition) is 5. The predicted octanol–water partition coefficient (Wildman–Crippen LogP) is 8.05. The van der Waals surface area contributed by atoms with Crippen LogP contribution in [0.15, 0.2) is 71.9 Å². The van der Waals surface area contributed by atoms with Crippen molar-refractivity contribution < 1.29 is 9.21 Å². The van der Waals surface area contributed by atoms with E-state index in [0.717, 1.165) is 48.7 Å². The fourth-order valence-electron chi connectivity index (χ4n) is 5.60. The van der Waals surface area contributed by atoms with E-state index in [2.05, 4.69) is 63.0 Å². The molecule has 1 aromatic heterocycles. The lowest BCUT2D eigenvalue weighted by molar-refractivity contribution is 0.0760. The van der Waals surface area contributed by atoms with E-state index in [-0.39, 0.29) is 5.91 Å². The Morgan fingerprint density at radius 2 is 1.88 bits per heavy atom. The molecule has 6 nitrogen and oxygen atoms in total. The number of carbonyl (C=O) groups is 1. The molecule has 2 aromatic carbocycles. The molecule has 0 bridgehead atoms. The van der Waals surface area contributed by atoms with Gasteiger partial charge >= 0.3 is 0 Å². The molecule has 1 heterocycles. The van der Waals surface area contributed by atoms with Crippen molar-refractivity contribution in [3.63, 3.8) is 0 Å². The third kappa shape index (κ3) is 9.91. The Kier molecular flexibility index (Phi) is 13.2. The zero-order chi connectivity index (χ0) is 29.6. The first-order valence-electron chi connectivity index (χ1n) is 15.3. The molecule has 222 valence electrons. The van der Waals surface area contributed by atoms with Crippen LogP contribution in [0.4, 0.5) is 5.69 Å². The highest BCUT2D eigenvalue weighted by Gasteiger charge is 2.20. The van der Waals surface area contributed by atoms with Crippen molar-refractivity contribution in [2.75, 3.05) is 18.4 Å². The van der Waals surface area contributed by atoms with Gasteiger partial charge in [-0.15, -0.1) is 0 Å². The Labute approximate surface area is 247 Å². The van der Waals surface area contributed by atoms with E-state index in [1.54, 1.807) is 6.26 Å². The Balaban J connectivity index is 0.000000681. The summed E-state index contributed by atoms with van der Waals surface area (Å²) < 4.78 is 5.52. The van der Waals surface area contributed by atoms with Crippen molar-refractivity contribution in [2.45, 2.75) is 84.5 Å². The first-order chi connectivity index (χ1) is 19.8. The van der Waals surface area contributed by atoms with Gasteiger partial charge in [-0.3, -0.25) is 9.80 Å². The zero-order valence-electron chi connectivity index (χ0n) is 25.3. The van der Waals surface area contributed by atoms with Crippen molar-refractivity contribution in [3.8, 4) is 0 Å². The fraction of sp³-hybridized carbons (Fsp3) is 0.457. The average molecular weight is 559 g/mol. The summed E-state index contributed by atoms with van der Waals surface area (Å²) in [6.07, 6.45) is 12.9. The van der Waals surface area contributed by atoms with E-state index in [4.69, 9.17) is 16.0 Å². The maximum absolute atomic E-state index is 12.8. The topological polar surface area (TPSA) is 97.5 Å². The molecule has 6 heteroatoms. The second kappa shape index (κ2) is 16.8. The minimum Gasteiger partial charge on any atom is -0.463 e. The van der Waals surface area contributed by atoms with Gasteiger partial charge in [-0.2, -0.15) is 0 Å². The molecule has 5 N–H and O–H groups in total. The van der Waals surface area contributed by atoms with Gasteiger partial charge in [0.05, 0.1) is 12.0 Å². The number of anilines is 1. The monoisotopic (exact) mass is 558 g/mol. The minimum atomic E-state index is -0.264. The Hall–Kier alpha value is -3.35. The van der Waals surface area contributed by atoms with Crippen LogP contribution >= 0.6 is 0 Å². The normalized spacial score (nSPS) is 13.8. The van der Waals surface area contributed by atoms with Gasteiger partial charge in [0.25, 0.3) is 5.91 Å². The number of benzene rings is 2.